The predicted molar refractivity (Wildman–Crippen MR) is 102 cm³/mol. The number of hydrogen-bond acceptors (Lipinski definition) is 6. The first-order valence-electron chi connectivity index (χ1n) is 8.52. The first-order valence-corrected chi connectivity index (χ1v) is 8.52. The molecule has 0 atom stereocenters. The normalized spacial score (nSPS) is 10.1. The van der Waals surface area contributed by atoms with E-state index >= 15 is 0 Å². The van der Waals surface area contributed by atoms with Crippen molar-refractivity contribution in [1.29, 1.82) is 0 Å². The lowest BCUT2D eigenvalue weighted by Crippen LogP contribution is -2.37. The minimum Gasteiger partial charge on any atom is -0.493 e. The fourth-order valence-electron chi connectivity index (χ4n) is 2.32. The average molecular weight is 404 g/mol. The molecule has 0 spiro atoms. The van der Waals surface area contributed by atoms with Crippen molar-refractivity contribution in [2.75, 3.05) is 39.7 Å². The molecule has 2 rings (SSSR count). The van der Waals surface area contributed by atoms with Gasteiger partial charge in [-0.05, 0) is 42.5 Å². The number of carbonyl (C=O) groups excluding carboxylic acids is 3. The van der Waals surface area contributed by atoms with Crippen LogP contribution in [-0.2, 0) is 14.3 Å². The summed E-state index contributed by atoms with van der Waals surface area (Å²) < 4.78 is 28.1. The fraction of sp³-hybridized carbons (Fsp3) is 0.250. The van der Waals surface area contributed by atoms with E-state index in [1.165, 1.54) is 68.6 Å². The summed E-state index contributed by atoms with van der Waals surface area (Å²) in [6.45, 7) is -0.549. The van der Waals surface area contributed by atoms with Crippen molar-refractivity contribution in [2.45, 2.75) is 0 Å². The molecule has 2 amide bonds. The topological polar surface area (TPSA) is 94.2 Å². The quantitative estimate of drug-likeness (QED) is 0.677. The minimum absolute atomic E-state index is 0.210. The van der Waals surface area contributed by atoms with Crippen LogP contribution in [0.4, 0.5) is 10.1 Å². The largest absolute Gasteiger partial charge is 0.493 e. The Hall–Kier alpha value is -3.62. The number of ether oxygens (including phenoxy) is 3. The second-order valence-corrected chi connectivity index (χ2v) is 5.95. The summed E-state index contributed by atoms with van der Waals surface area (Å²) in [5, 5.41) is 2.57. The van der Waals surface area contributed by atoms with Crippen LogP contribution in [0, 0.1) is 5.82 Å². The van der Waals surface area contributed by atoms with E-state index in [0.717, 1.165) is 0 Å². The molecule has 29 heavy (non-hydrogen) atoms. The minimum atomic E-state index is -0.530. The third-order valence-corrected chi connectivity index (χ3v) is 3.87. The van der Waals surface area contributed by atoms with Gasteiger partial charge < -0.3 is 24.4 Å². The Labute approximate surface area is 167 Å². The Balaban J connectivity index is 1.90. The lowest BCUT2D eigenvalue weighted by Gasteiger charge is -2.18. The Morgan fingerprint density at radius 2 is 1.72 bits per heavy atom. The maximum absolute atomic E-state index is 12.9. The number of likely N-dealkylation sites (N-methyl/N-ethyl adjacent to an activating group) is 1. The molecule has 0 saturated heterocycles. The molecule has 2 aromatic carbocycles. The van der Waals surface area contributed by atoms with Crippen molar-refractivity contribution < 1.29 is 33.0 Å². The fourth-order valence-corrected chi connectivity index (χ4v) is 2.32. The summed E-state index contributed by atoms with van der Waals surface area (Å²) in [6, 6.07) is 9.68. The van der Waals surface area contributed by atoms with Crippen LogP contribution >= 0.6 is 0 Å². The number of hydrogen-bond donors (Lipinski definition) is 1. The lowest BCUT2D eigenvalue weighted by molar-refractivity contribution is -0.135. The Morgan fingerprint density at radius 1 is 1.03 bits per heavy atom. The molecule has 154 valence electrons. The zero-order valence-corrected chi connectivity index (χ0v) is 16.2. The van der Waals surface area contributed by atoms with E-state index in [1.54, 1.807) is 0 Å². The molecule has 8 nitrogen and oxygen atoms in total. The number of methoxy groups -OCH3 is 2. The monoisotopic (exact) mass is 404 g/mol. The number of benzene rings is 2. The first-order chi connectivity index (χ1) is 13.8. The highest BCUT2D eigenvalue weighted by Crippen LogP contribution is 2.28. The van der Waals surface area contributed by atoms with Crippen LogP contribution in [0.3, 0.4) is 0 Å². The van der Waals surface area contributed by atoms with Crippen molar-refractivity contribution in [2.24, 2.45) is 0 Å². The summed E-state index contributed by atoms with van der Waals surface area (Å²) in [6.07, 6.45) is 0. The molecule has 0 aliphatic rings. The van der Waals surface area contributed by atoms with Crippen molar-refractivity contribution in [1.82, 2.24) is 4.90 Å². The average Bonchev–Trinajstić information content (AvgIpc) is 2.72. The zero-order valence-electron chi connectivity index (χ0n) is 16.2. The van der Waals surface area contributed by atoms with E-state index < -0.39 is 23.6 Å². The third-order valence-electron chi connectivity index (χ3n) is 3.87. The SMILES string of the molecule is COC(=O)c1ccc(OCC(=O)N(C)CC(=O)Nc2ccc(F)cc2)c(OC)c1. The van der Waals surface area contributed by atoms with E-state index in [0.29, 0.717) is 5.69 Å². The standard InChI is InChI=1S/C20H21FN2O6/c1-23(11-18(24)22-15-7-5-14(21)6-8-15)19(25)12-29-16-9-4-13(20(26)28-3)10-17(16)27-2/h4-10H,11-12H2,1-3H3,(H,22,24). The molecule has 0 radical (unpaired) electrons. The van der Waals surface area contributed by atoms with Crippen LogP contribution in [0.2, 0.25) is 0 Å². The van der Waals surface area contributed by atoms with Crippen molar-refractivity contribution >= 4 is 23.5 Å². The molecule has 0 saturated carbocycles. The van der Waals surface area contributed by atoms with Crippen LogP contribution in [0.5, 0.6) is 11.5 Å². The second-order valence-electron chi connectivity index (χ2n) is 5.95. The molecule has 2 aromatic rings. The van der Waals surface area contributed by atoms with E-state index in [4.69, 9.17) is 9.47 Å². The highest BCUT2D eigenvalue weighted by Gasteiger charge is 2.16. The van der Waals surface area contributed by atoms with Gasteiger partial charge in [0.25, 0.3) is 5.91 Å². The number of amides is 2. The summed E-state index contributed by atoms with van der Waals surface area (Å²) in [4.78, 5) is 37.0. The molecule has 9 heteroatoms. The summed E-state index contributed by atoms with van der Waals surface area (Å²) >= 11 is 0. The Kier molecular flexibility index (Phi) is 7.53. The highest BCUT2D eigenvalue weighted by atomic mass is 19.1. The summed E-state index contributed by atoms with van der Waals surface area (Å²) in [5.41, 5.74) is 0.696. The van der Waals surface area contributed by atoms with Gasteiger partial charge in [-0.2, -0.15) is 0 Å². The van der Waals surface area contributed by atoms with Crippen molar-refractivity contribution in [3.05, 3.63) is 53.8 Å². The van der Waals surface area contributed by atoms with Crippen LogP contribution < -0.4 is 14.8 Å². The second kappa shape index (κ2) is 10.1. The maximum Gasteiger partial charge on any atom is 0.337 e. The number of anilines is 1. The number of halogens is 1. The van der Waals surface area contributed by atoms with Gasteiger partial charge >= 0.3 is 5.97 Å². The van der Waals surface area contributed by atoms with Gasteiger partial charge in [0.1, 0.15) is 5.82 Å². The van der Waals surface area contributed by atoms with Gasteiger partial charge in [-0.1, -0.05) is 0 Å². The van der Waals surface area contributed by atoms with E-state index in [2.05, 4.69) is 10.1 Å². The van der Waals surface area contributed by atoms with Gasteiger partial charge in [-0.25, -0.2) is 9.18 Å². The Morgan fingerprint density at radius 3 is 2.34 bits per heavy atom. The lowest BCUT2D eigenvalue weighted by atomic mass is 10.2. The third kappa shape index (κ3) is 6.20. The van der Waals surface area contributed by atoms with Gasteiger partial charge in [0.05, 0.1) is 26.3 Å². The molecule has 0 bridgehead atoms. The van der Waals surface area contributed by atoms with Crippen LogP contribution in [0.1, 0.15) is 10.4 Å². The van der Waals surface area contributed by atoms with Crippen LogP contribution in [-0.4, -0.2) is 57.1 Å². The summed E-state index contributed by atoms with van der Waals surface area (Å²) in [5.74, 6) is -1.30. The molecular weight excluding hydrogens is 383 g/mol. The molecule has 1 N–H and O–H groups in total. The molecule has 0 aromatic heterocycles. The smallest absolute Gasteiger partial charge is 0.337 e. The van der Waals surface area contributed by atoms with Gasteiger partial charge in [-0.3, -0.25) is 9.59 Å². The van der Waals surface area contributed by atoms with Crippen LogP contribution in [0.15, 0.2) is 42.5 Å². The predicted octanol–water partition coefficient (Wildman–Crippen LogP) is 2.10. The Bertz CT molecular complexity index is 885. The zero-order chi connectivity index (χ0) is 21.4. The molecular formula is C20H21FN2O6. The van der Waals surface area contributed by atoms with Gasteiger partial charge in [0.2, 0.25) is 5.91 Å². The van der Waals surface area contributed by atoms with E-state index in [-0.39, 0.29) is 30.2 Å². The van der Waals surface area contributed by atoms with Gasteiger partial charge in [0, 0.05) is 12.7 Å². The molecule has 0 aliphatic heterocycles. The first kappa shape index (κ1) is 21.7. The number of rotatable bonds is 8. The summed E-state index contributed by atoms with van der Waals surface area (Å²) in [7, 11) is 4.12. The molecule has 0 aliphatic carbocycles. The van der Waals surface area contributed by atoms with Crippen LogP contribution in [0.25, 0.3) is 0 Å². The maximum atomic E-state index is 12.9. The van der Waals surface area contributed by atoms with Gasteiger partial charge in [0.15, 0.2) is 18.1 Å². The number of nitrogens with one attached hydrogen (secondary N) is 1. The molecule has 0 unspecified atom stereocenters. The number of carbonyl (C=O) groups is 3. The van der Waals surface area contributed by atoms with Gasteiger partial charge in [-0.15, -0.1) is 0 Å². The van der Waals surface area contributed by atoms with Crippen molar-refractivity contribution in [3.63, 3.8) is 0 Å². The number of nitrogens with zero attached hydrogens (tertiary/aromatic N) is 1. The molecule has 0 heterocycles. The number of esters is 1. The van der Waals surface area contributed by atoms with E-state index in [9.17, 15) is 18.8 Å². The van der Waals surface area contributed by atoms with Crippen molar-refractivity contribution in [3.8, 4) is 11.5 Å². The van der Waals surface area contributed by atoms with E-state index in [1.807, 2.05) is 0 Å². The highest BCUT2D eigenvalue weighted by molar-refractivity contribution is 5.94. The molecule has 0 fully saturated rings.